The van der Waals surface area contributed by atoms with E-state index in [9.17, 15) is 53.6 Å². The number of thioether (sulfide) groups is 3. The molecular weight excluding hydrogens is 1890 g/mol. The number of nitro benzene ring substituents is 4. The van der Waals surface area contributed by atoms with Gasteiger partial charge in [0.05, 0.1) is 69.4 Å². The maximum absolute atomic E-state index is 13.9. The molecule has 0 unspecified atom stereocenters. The van der Waals surface area contributed by atoms with Crippen LogP contribution < -0.4 is 36.3 Å². The van der Waals surface area contributed by atoms with Crippen molar-refractivity contribution in [3.8, 4) is 17.2 Å². The number of nitro groups is 4. The predicted octanol–water partition coefficient (Wildman–Crippen LogP) is 25.5. The quantitative estimate of drug-likeness (QED) is 0.00653. The van der Waals surface area contributed by atoms with Crippen LogP contribution in [0.2, 0.25) is 0 Å². The number of nitrogens with two attached hydrogens (primary N) is 2. The molecule has 0 spiro atoms. The van der Waals surface area contributed by atoms with E-state index in [0.717, 1.165) is 40.9 Å². The van der Waals surface area contributed by atoms with E-state index in [-0.39, 0.29) is 84.8 Å². The van der Waals surface area contributed by atoms with E-state index in [1.54, 1.807) is 67.4 Å². The largest absolute Gasteiger partial charge is 0.496 e. The molecule has 0 atom stereocenters. The van der Waals surface area contributed by atoms with Gasteiger partial charge < -0.3 is 36.3 Å². The SMILES string of the molecule is C.CC.COc1cc(Br)c(F)cc1I.COc1cc(Br)c(F)cc1Nc1ccc(SCc2ccccc2)cc1[N+](=O)[O-].COc1cc(Br)c(F)cc1Nc1ccc(SCc2ccccc2)cc1[N+](=O)[O-].Nc1ccc(Br)cc1[N+](=O)[O-].Nc1ccc(SCc2ccccc2)cc1[N+](=O)[O-].SCc1ccccc1.[Fe]. The number of nitrogen functional groups attached to an aromatic ring is 2. The molecule has 11 aromatic carbocycles. The van der Waals surface area contributed by atoms with Crippen LogP contribution in [-0.2, 0) is 40.1 Å². The Morgan fingerprint density at radius 3 is 1.03 bits per heavy atom. The molecule has 11 rings (SSSR count). The van der Waals surface area contributed by atoms with Gasteiger partial charge in [0.15, 0.2) is 0 Å². The summed E-state index contributed by atoms with van der Waals surface area (Å²) in [6.07, 6.45) is 0. The Morgan fingerprint density at radius 1 is 0.417 bits per heavy atom. The van der Waals surface area contributed by atoms with Gasteiger partial charge in [-0.05, 0) is 165 Å². The van der Waals surface area contributed by atoms with E-state index in [0.29, 0.717) is 49.1 Å². The summed E-state index contributed by atoms with van der Waals surface area (Å²) in [6.45, 7) is 4.00. The van der Waals surface area contributed by atoms with Crippen LogP contribution in [0.3, 0.4) is 0 Å². The molecule has 0 aromatic heterocycles. The van der Waals surface area contributed by atoms with Crippen LogP contribution in [0.4, 0.5) is 70.0 Å². The molecule has 19 nitrogen and oxygen atoms in total. The number of benzene rings is 11. The first-order valence-electron chi connectivity index (χ1n) is 31.0. The third kappa shape index (κ3) is 31.5. The first kappa shape index (κ1) is 94.2. The second-order valence-corrected chi connectivity index (χ2v) is 29.0. The maximum Gasteiger partial charge on any atom is 0.293 e. The zero-order valence-electron chi connectivity index (χ0n) is 57.3. The number of hydrogen-bond acceptors (Lipinski definition) is 19. The second-order valence-electron chi connectivity index (χ2n) is 20.9. The van der Waals surface area contributed by atoms with Crippen molar-refractivity contribution < 1.29 is 64.1 Å². The van der Waals surface area contributed by atoms with Crippen molar-refractivity contribution in [1.82, 2.24) is 0 Å². The summed E-state index contributed by atoms with van der Waals surface area (Å²) >= 11 is 23.1. The van der Waals surface area contributed by atoms with E-state index in [1.807, 2.05) is 146 Å². The topological polar surface area (TPSA) is 276 Å². The Labute approximate surface area is 700 Å². The normalized spacial score (nSPS) is 9.87. The summed E-state index contributed by atoms with van der Waals surface area (Å²) in [5.41, 5.74) is 16.8. The smallest absolute Gasteiger partial charge is 0.293 e. The molecule has 0 bridgehead atoms. The van der Waals surface area contributed by atoms with Gasteiger partial charge in [-0.25, -0.2) is 13.2 Å². The number of methoxy groups -OCH3 is 3. The molecular formula is C76H72Br4F3FeIN8O11S4. The molecule has 0 saturated carbocycles. The monoisotopic (exact) mass is 1960 g/mol. The summed E-state index contributed by atoms with van der Waals surface area (Å²) in [6, 6.07) is 67.5. The van der Waals surface area contributed by atoms with Gasteiger partial charge in [0.2, 0.25) is 0 Å². The number of anilines is 6. The number of halogens is 8. The third-order valence-corrected chi connectivity index (χ3v) is 20.4. The van der Waals surface area contributed by atoms with E-state index in [1.165, 1.54) is 110 Å². The molecule has 108 heavy (non-hydrogen) atoms. The summed E-state index contributed by atoms with van der Waals surface area (Å²) < 4.78 is 58.4. The van der Waals surface area contributed by atoms with Crippen molar-refractivity contribution in [2.45, 2.75) is 59.0 Å². The molecule has 0 aliphatic rings. The van der Waals surface area contributed by atoms with Crippen LogP contribution in [-0.4, -0.2) is 41.0 Å². The number of nitrogens with one attached hydrogen (secondary N) is 2. The van der Waals surface area contributed by atoms with Crippen molar-refractivity contribution in [3.05, 3.63) is 332 Å². The number of hydrogen-bond donors (Lipinski definition) is 5. The number of rotatable bonds is 21. The van der Waals surface area contributed by atoms with Gasteiger partial charge in [0, 0.05) is 95.6 Å². The van der Waals surface area contributed by atoms with E-state index >= 15 is 0 Å². The fraction of sp³-hybridized carbons (Fsp3) is 0.132. The van der Waals surface area contributed by atoms with Crippen LogP contribution in [0.5, 0.6) is 17.2 Å². The summed E-state index contributed by atoms with van der Waals surface area (Å²) in [7, 11) is 4.45. The molecule has 570 valence electrons. The maximum atomic E-state index is 13.9. The zero-order valence-corrected chi connectivity index (χ0v) is 70.2. The minimum absolute atomic E-state index is 0. The average molecular weight is 1960 g/mol. The predicted molar refractivity (Wildman–Crippen MR) is 455 cm³/mol. The molecule has 32 heteroatoms. The van der Waals surface area contributed by atoms with Crippen molar-refractivity contribution >= 4 is 191 Å². The Morgan fingerprint density at radius 2 is 0.713 bits per heavy atom. The zero-order chi connectivity index (χ0) is 77.8. The van der Waals surface area contributed by atoms with Gasteiger partial charge in [0.1, 0.15) is 57.4 Å². The summed E-state index contributed by atoms with van der Waals surface area (Å²) in [5, 5.41) is 50.0. The van der Waals surface area contributed by atoms with Crippen molar-refractivity contribution in [2.75, 3.05) is 43.4 Å². The molecule has 0 radical (unpaired) electrons. The minimum atomic E-state index is -0.514. The van der Waals surface area contributed by atoms with Gasteiger partial charge in [-0.15, -0.1) is 35.3 Å². The van der Waals surface area contributed by atoms with Gasteiger partial charge >= 0.3 is 0 Å². The minimum Gasteiger partial charge on any atom is -0.496 e. The molecule has 0 aliphatic carbocycles. The first-order valence-corrected chi connectivity index (χ1v) is 38.9. The standard InChI is InChI=1S/2C20H16BrFN2O3S.C13H12N2O2S.C7H5BrFIO.C7H8S.C6H5BrN2O2.C2H6.CH4.Fe/c2*1-27-20-10-15(21)16(22)11-18(20)23-17-8-7-14(9-19(17)24(25)26)28-12-13-5-3-2-4-6-13;14-12-7-6-11(8-13(12)15(16)17)18-9-10-4-2-1-3-5-10;1-11-7-2-4(8)5(9)3-6(7)10;8-6-7-4-2-1-3-5-7;7-4-1-2-5(8)6(3-4)9(10)11;1-2;;/h2*2-11,23H,12H2,1H3;1-8H,9,14H2;2-3H,1H3;1-5,8H,6H2;1-3H,8H2;1-2H3;1H4;. The van der Waals surface area contributed by atoms with Crippen LogP contribution >= 0.6 is 134 Å². The van der Waals surface area contributed by atoms with Gasteiger partial charge in [-0.2, -0.15) is 12.6 Å². The van der Waals surface area contributed by atoms with Crippen LogP contribution in [0.25, 0.3) is 0 Å². The van der Waals surface area contributed by atoms with Gasteiger partial charge in [-0.1, -0.05) is 159 Å². The van der Waals surface area contributed by atoms with Crippen molar-refractivity contribution in [2.24, 2.45) is 0 Å². The molecule has 0 amide bonds. The molecule has 6 N–H and O–H groups in total. The van der Waals surface area contributed by atoms with E-state index in [4.69, 9.17) is 25.7 Å². The van der Waals surface area contributed by atoms with Crippen LogP contribution in [0.1, 0.15) is 43.5 Å². The number of nitrogens with zero attached hydrogens (tertiary/aromatic N) is 4. The Kier molecular flexibility index (Phi) is 43.5. The molecule has 0 aliphatic heterocycles. The van der Waals surface area contributed by atoms with Gasteiger partial charge in [-0.3, -0.25) is 40.5 Å². The Hall–Kier alpha value is -8.02. The Bertz CT molecular complexity index is 4560. The molecule has 0 saturated heterocycles. The van der Waals surface area contributed by atoms with Crippen LogP contribution in [0.15, 0.2) is 263 Å². The second kappa shape index (κ2) is 49.9. The number of thiol groups is 1. The molecule has 0 heterocycles. The van der Waals surface area contributed by atoms with Crippen molar-refractivity contribution in [3.63, 3.8) is 0 Å². The summed E-state index contributed by atoms with van der Waals surface area (Å²) in [5.74, 6) is 3.17. The Balaban J connectivity index is 0.000000351. The fourth-order valence-corrected chi connectivity index (χ4v) is 13.3. The third-order valence-electron chi connectivity index (χ3n) is 13.7. The van der Waals surface area contributed by atoms with E-state index in [2.05, 4.69) is 99.1 Å². The summed E-state index contributed by atoms with van der Waals surface area (Å²) in [4.78, 5) is 44.7. The van der Waals surface area contributed by atoms with E-state index < -0.39 is 31.3 Å². The average Bonchev–Trinajstić information content (AvgIpc) is 0.814. The first-order chi connectivity index (χ1) is 50.8. The molecule has 11 aromatic rings. The van der Waals surface area contributed by atoms with Gasteiger partial charge in [0.25, 0.3) is 22.7 Å². The fourth-order valence-electron chi connectivity index (χ4n) is 8.51. The molecule has 0 fully saturated rings. The van der Waals surface area contributed by atoms with Crippen LogP contribution in [0, 0.1) is 61.5 Å². The van der Waals surface area contributed by atoms with Crippen molar-refractivity contribution in [1.29, 1.82) is 0 Å². The number of ether oxygens (including phenoxy) is 3.